The summed E-state index contributed by atoms with van der Waals surface area (Å²) in [4.78, 5) is 14.2. The fourth-order valence-electron chi connectivity index (χ4n) is 4.08. The van der Waals surface area contributed by atoms with Crippen LogP contribution in [0.3, 0.4) is 0 Å². The van der Waals surface area contributed by atoms with E-state index in [1.807, 2.05) is 19.9 Å². The van der Waals surface area contributed by atoms with Crippen molar-refractivity contribution in [1.82, 2.24) is 4.90 Å². The average molecular weight is 377 g/mol. The molecule has 0 aromatic heterocycles. The Labute approximate surface area is 166 Å². The largest absolute Gasteiger partial charge is 0.488 e. The Hall–Kier alpha value is -2.59. The van der Waals surface area contributed by atoms with Crippen molar-refractivity contribution >= 4 is 11.5 Å². The molecule has 2 heterocycles. The number of carbonyl (C=O) groups excluding carboxylic acids is 1. The van der Waals surface area contributed by atoms with Gasteiger partial charge >= 0.3 is 5.97 Å². The predicted molar refractivity (Wildman–Crippen MR) is 110 cm³/mol. The highest BCUT2D eigenvalue weighted by Crippen LogP contribution is 2.40. The van der Waals surface area contributed by atoms with E-state index in [0.717, 1.165) is 31.7 Å². The second-order valence-corrected chi connectivity index (χ2v) is 7.74. The molecule has 2 aliphatic rings. The molecule has 2 aromatic carbocycles. The van der Waals surface area contributed by atoms with Gasteiger partial charge in [0.15, 0.2) is 0 Å². The summed E-state index contributed by atoms with van der Waals surface area (Å²) in [6.45, 7) is 6.49. The fraction of sp³-hybridized carbons (Fsp3) is 0.375. The number of hydrogen-bond acceptors (Lipinski definition) is 4. The van der Waals surface area contributed by atoms with Gasteiger partial charge in [-0.2, -0.15) is 0 Å². The SMILES string of the molecule is CC(C)OC(=O)CN1CCC(=C2c3ccccc3COc3ccccc32)CC1. The van der Waals surface area contributed by atoms with Gasteiger partial charge in [-0.3, -0.25) is 9.69 Å². The summed E-state index contributed by atoms with van der Waals surface area (Å²) in [6.07, 6.45) is 1.84. The Morgan fingerprint density at radius 1 is 1.04 bits per heavy atom. The van der Waals surface area contributed by atoms with Crippen LogP contribution in [0.4, 0.5) is 0 Å². The molecule has 4 rings (SSSR count). The van der Waals surface area contributed by atoms with Gasteiger partial charge in [0.25, 0.3) is 0 Å². The number of benzene rings is 2. The summed E-state index contributed by atoms with van der Waals surface area (Å²) in [5.74, 6) is 0.814. The Morgan fingerprint density at radius 3 is 2.46 bits per heavy atom. The number of para-hydroxylation sites is 1. The summed E-state index contributed by atoms with van der Waals surface area (Å²) >= 11 is 0. The van der Waals surface area contributed by atoms with E-state index >= 15 is 0 Å². The highest BCUT2D eigenvalue weighted by atomic mass is 16.5. The highest BCUT2D eigenvalue weighted by molar-refractivity contribution is 5.87. The van der Waals surface area contributed by atoms with Crippen LogP contribution in [0.1, 0.15) is 43.4 Å². The molecule has 1 fully saturated rings. The van der Waals surface area contributed by atoms with E-state index < -0.39 is 0 Å². The van der Waals surface area contributed by atoms with Crippen LogP contribution in [0.25, 0.3) is 5.57 Å². The Kier molecular flexibility index (Phi) is 5.49. The zero-order chi connectivity index (χ0) is 19.5. The lowest BCUT2D eigenvalue weighted by Gasteiger charge is -2.29. The van der Waals surface area contributed by atoms with E-state index in [2.05, 4.69) is 47.4 Å². The first-order valence-corrected chi connectivity index (χ1v) is 10.1. The van der Waals surface area contributed by atoms with Gasteiger partial charge in [-0.1, -0.05) is 48.0 Å². The number of ether oxygens (including phenoxy) is 2. The third-order valence-electron chi connectivity index (χ3n) is 5.36. The first-order valence-electron chi connectivity index (χ1n) is 10.1. The van der Waals surface area contributed by atoms with Crippen molar-refractivity contribution in [2.45, 2.75) is 39.4 Å². The lowest BCUT2D eigenvalue weighted by molar-refractivity contribution is -0.148. The molecule has 0 aliphatic carbocycles. The van der Waals surface area contributed by atoms with E-state index in [4.69, 9.17) is 9.47 Å². The summed E-state index contributed by atoms with van der Waals surface area (Å²) in [7, 11) is 0. The van der Waals surface area contributed by atoms with Crippen LogP contribution in [0, 0.1) is 0 Å². The monoisotopic (exact) mass is 377 g/mol. The second-order valence-electron chi connectivity index (χ2n) is 7.74. The standard InChI is InChI=1S/C24H27NO3/c1-17(2)28-23(26)15-25-13-11-18(12-14-25)24-20-8-4-3-7-19(20)16-27-22-10-6-5-9-21(22)24/h3-10,17H,11-16H2,1-2H3. The van der Waals surface area contributed by atoms with Crippen LogP contribution < -0.4 is 4.74 Å². The zero-order valence-electron chi connectivity index (χ0n) is 16.6. The summed E-state index contributed by atoms with van der Waals surface area (Å²) in [5.41, 5.74) is 6.43. The van der Waals surface area contributed by atoms with Gasteiger partial charge in [0.05, 0.1) is 12.6 Å². The van der Waals surface area contributed by atoms with Crippen molar-refractivity contribution in [2.24, 2.45) is 0 Å². The molecule has 4 nitrogen and oxygen atoms in total. The van der Waals surface area contributed by atoms with Gasteiger partial charge in [-0.05, 0) is 49.5 Å². The lowest BCUT2D eigenvalue weighted by Crippen LogP contribution is -2.36. The van der Waals surface area contributed by atoms with Crippen molar-refractivity contribution in [1.29, 1.82) is 0 Å². The minimum Gasteiger partial charge on any atom is -0.488 e. The van der Waals surface area contributed by atoms with Gasteiger partial charge < -0.3 is 9.47 Å². The van der Waals surface area contributed by atoms with Crippen molar-refractivity contribution in [2.75, 3.05) is 19.6 Å². The fourth-order valence-corrected chi connectivity index (χ4v) is 4.08. The summed E-state index contributed by atoms with van der Waals surface area (Å²) in [6, 6.07) is 16.8. The van der Waals surface area contributed by atoms with Crippen LogP contribution in [0.2, 0.25) is 0 Å². The summed E-state index contributed by atoms with van der Waals surface area (Å²) in [5, 5.41) is 0. The lowest BCUT2D eigenvalue weighted by atomic mass is 9.86. The normalized spacial score (nSPS) is 16.8. The maximum Gasteiger partial charge on any atom is 0.320 e. The van der Waals surface area contributed by atoms with Crippen LogP contribution in [0.5, 0.6) is 5.75 Å². The van der Waals surface area contributed by atoms with Gasteiger partial charge in [-0.25, -0.2) is 0 Å². The molecule has 0 saturated carbocycles. The van der Waals surface area contributed by atoms with E-state index in [1.165, 1.54) is 27.8 Å². The van der Waals surface area contributed by atoms with Gasteiger partial charge in [0.1, 0.15) is 12.4 Å². The molecule has 0 spiro atoms. The molecular weight excluding hydrogens is 350 g/mol. The number of fused-ring (bicyclic) bond motifs is 2. The minimum atomic E-state index is -0.135. The Balaban J connectivity index is 1.62. The average Bonchev–Trinajstić information content (AvgIpc) is 2.85. The van der Waals surface area contributed by atoms with E-state index in [0.29, 0.717) is 13.2 Å². The maximum atomic E-state index is 12.0. The number of piperidine rings is 1. The zero-order valence-corrected chi connectivity index (χ0v) is 16.6. The minimum absolute atomic E-state index is 0.0611. The highest BCUT2D eigenvalue weighted by Gasteiger charge is 2.25. The number of rotatable bonds is 3. The van der Waals surface area contributed by atoms with Gasteiger partial charge in [0, 0.05) is 18.7 Å². The third-order valence-corrected chi connectivity index (χ3v) is 5.36. The molecule has 2 aliphatic heterocycles. The number of nitrogens with zero attached hydrogens (tertiary/aromatic N) is 1. The number of likely N-dealkylation sites (tertiary alicyclic amines) is 1. The predicted octanol–water partition coefficient (Wildman–Crippen LogP) is 4.43. The number of hydrogen-bond donors (Lipinski definition) is 0. The van der Waals surface area contributed by atoms with Crippen LogP contribution in [0.15, 0.2) is 54.1 Å². The summed E-state index contributed by atoms with van der Waals surface area (Å²) < 4.78 is 11.4. The third kappa shape index (κ3) is 3.97. The molecule has 4 heteroatoms. The van der Waals surface area contributed by atoms with Gasteiger partial charge in [0.2, 0.25) is 0 Å². The number of carbonyl (C=O) groups is 1. The molecule has 0 unspecified atom stereocenters. The molecule has 1 saturated heterocycles. The molecule has 28 heavy (non-hydrogen) atoms. The molecule has 146 valence electrons. The smallest absolute Gasteiger partial charge is 0.320 e. The topological polar surface area (TPSA) is 38.8 Å². The Bertz CT molecular complexity index is 841. The first-order chi connectivity index (χ1) is 13.6. The molecule has 0 bridgehead atoms. The van der Waals surface area contributed by atoms with E-state index in [9.17, 15) is 4.79 Å². The van der Waals surface area contributed by atoms with Crippen molar-refractivity contribution in [3.05, 3.63) is 70.8 Å². The van der Waals surface area contributed by atoms with E-state index in [1.54, 1.807) is 0 Å². The van der Waals surface area contributed by atoms with Crippen LogP contribution >= 0.6 is 0 Å². The molecule has 0 amide bonds. The quantitative estimate of drug-likeness (QED) is 0.742. The van der Waals surface area contributed by atoms with Crippen molar-refractivity contribution < 1.29 is 14.3 Å². The van der Waals surface area contributed by atoms with Crippen LogP contribution in [-0.4, -0.2) is 36.6 Å². The van der Waals surface area contributed by atoms with Gasteiger partial charge in [-0.15, -0.1) is 0 Å². The van der Waals surface area contributed by atoms with Crippen LogP contribution in [-0.2, 0) is 16.1 Å². The Morgan fingerprint density at radius 2 is 1.71 bits per heavy atom. The first kappa shape index (κ1) is 18.8. The van der Waals surface area contributed by atoms with Crippen molar-refractivity contribution in [3.8, 4) is 5.75 Å². The number of esters is 1. The molecule has 0 radical (unpaired) electrons. The van der Waals surface area contributed by atoms with Crippen molar-refractivity contribution in [3.63, 3.8) is 0 Å². The molecule has 0 atom stereocenters. The maximum absolute atomic E-state index is 12.0. The van der Waals surface area contributed by atoms with E-state index in [-0.39, 0.29) is 12.1 Å². The molecule has 0 N–H and O–H groups in total. The molecule has 2 aromatic rings. The second kappa shape index (κ2) is 8.19. The molecular formula is C24H27NO3.